The topological polar surface area (TPSA) is 72.2 Å². The third kappa shape index (κ3) is 2.00. The number of nitrogens with one attached hydrogen (secondary N) is 1. The number of amides is 1. The van der Waals surface area contributed by atoms with Crippen molar-refractivity contribution in [1.82, 2.24) is 19.6 Å². The molecule has 0 spiro atoms. The van der Waals surface area contributed by atoms with Gasteiger partial charge in [0.1, 0.15) is 0 Å². The fraction of sp³-hybridized carbons (Fsp3) is 0.647. The van der Waals surface area contributed by atoms with Gasteiger partial charge in [-0.25, -0.2) is 4.98 Å². The first-order chi connectivity index (χ1) is 11.1. The normalized spacial score (nSPS) is 34.9. The molecule has 1 amide bonds. The Morgan fingerprint density at radius 2 is 1.83 bits per heavy atom. The molecule has 0 aromatic carbocycles. The molecule has 4 saturated carbocycles. The first-order valence-electron chi connectivity index (χ1n) is 8.61. The van der Waals surface area contributed by atoms with Crippen molar-refractivity contribution >= 4 is 17.6 Å². The van der Waals surface area contributed by atoms with Crippen LogP contribution >= 0.6 is 0 Å². The number of nitrogens with zero attached hydrogens (tertiary/aromatic N) is 4. The Balaban J connectivity index is 1.44. The zero-order valence-electron chi connectivity index (χ0n) is 13.3. The van der Waals surface area contributed by atoms with Gasteiger partial charge in [-0.3, -0.25) is 14.5 Å². The lowest BCUT2D eigenvalue weighted by Crippen LogP contribution is -2.51. The minimum atomic E-state index is -0.168. The summed E-state index contributed by atoms with van der Waals surface area (Å²) in [5.41, 5.74) is 0.725. The summed E-state index contributed by atoms with van der Waals surface area (Å²) in [6.45, 7) is 1.92. The van der Waals surface area contributed by atoms with Gasteiger partial charge in [0, 0.05) is 11.9 Å². The van der Waals surface area contributed by atoms with E-state index in [2.05, 4.69) is 20.5 Å². The summed E-state index contributed by atoms with van der Waals surface area (Å²) in [5.74, 6) is 3.44. The van der Waals surface area contributed by atoms with Crippen LogP contribution in [0, 0.1) is 30.1 Å². The van der Waals surface area contributed by atoms with Gasteiger partial charge in [0.15, 0.2) is 0 Å². The van der Waals surface area contributed by atoms with E-state index in [1.165, 1.54) is 19.3 Å². The third-order valence-electron chi connectivity index (χ3n) is 6.16. The molecule has 2 aromatic heterocycles. The molecule has 0 saturated heterocycles. The van der Waals surface area contributed by atoms with Crippen LogP contribution in [0.4, 0.5) is 5.95 Å². The summed E-state index contributed by atoms with van der Waals surface area (Å²) in [6, 6.07) is 1.90. The van der Waals surface area contributed by atoms with Gasteiger partial charge < -0.3 is 0 Å². The average molecular weight is 311 g/mol. The average Bonchev–Trinajstić information content (AvgIpc) is 2.88. The van der Waals surface area contributed by atoms with E-state index in [0.29, 0.717) is 11.7 Å². The molecule has 23 heavy (non-hydrogen) atoms. The summed E-state index contributed by atoms with van der Waals surface area (Å²) in [4.78, 5) is 17.4. The number of anilines is 1. The van der Waals surface area contributed by atoms with Crippen LogP contribution in [0.2, 0.25) is 0 Å². The molecule has 4 aliphatic carbocycles. The molecule has 6 rings (SSSR count). The standard InChI is InChI=1S/C17H21N5O/c1-10-2-3-22-15(18-10)20-21-16(22)19-14(23)17-7-11-4-12(8-17)6-13(5-11)9-17/h2-3,11-13H,4-9H2,1H3,(H,19,21,23). The van der Waals surface area contributed by atoms with Gasteiger partial charge in [-0.2, -0.15) is 0 Å². The predicted molar refractivity (Wildman–Crippen MR) is 84.8 cm³/mol. The van der Waals surface area contributed by atoms with Crippen LogP contribution in [-0.2, 0) is 4.79 Å². The van der Waals surface area contributed by atoms with Gasteiger partial charge in [-0.1, -0.05) is 0 Å². The van der Waals surface area contributed by atoms with Crippen molar-refractivity contribution in [3.05, 3.63) is 18.0 Å². The highest BCUT2D eigenvalue weighted by molar-refractivity contribution is 5.94. The first kappa shape index (κ1) is 13.5. The highest BCUT2D eigenvalue weighted by atomic mass is 16.2. The summed E-state index contributed by atoms with van der Waals surface area (Å²) in [7, 11) is 0. The number of hydrogen-bond acceptors (Lipinski definition) is 4. The number of rotatable bonds is 2. The van der Waals surface area contributed by atoms with Crippen LogP contribution in [0.1, 0.15) is 44.2 Å². The molecule has 0 atom stereocenters. The van der Waals surface area contributed by atoms with E-state index in [0.717, 1.165) is 42.7 Å². The molecule has 6 heteroatoms. The van der Waals surface area contributed by atoms with Crippen LogP contribution in [0.5, 0.6) is 0 Å². The van der Waals surface area contributed by atoms with E-state index < -0.39 is 0 Å². The van der Waals surface area contributed by atoms with Crippen LogP contribution in [0.15, 0.2) is 12.3 Å². The van der Waals surface area contributed by atoms with Crippen molar-refractivity contribution in [3.8, 4) is 0 Å². The van der Waals surface area contributed by atoms with Crippen LogP contribution < -0.4 is 5.32 Å². The molecule has 0 radical (unpaired) electrons. The molecule has 4 aliphatic rings. The highest BCUT2D eigenvalue weighted by Gasteiger charge is 2.54. The highest BCUT2D eigenvalue weighted by Crippen LogP contribution is 2.60. The van der Waals surface area contributed by atoms with E-state index >= 15 is 0 Å². The quantitative estimate of drug-likeness (QED) is 0.925. The maximum absolute atomic E-state index is 13.1. The molecular formula is C17H21N5O. The smallest absolute Gasteiger partial charge is 0.256 e. The van der Waals surface area contributed by atoms with E-state index in [1.54, 1.807) is 4.40 Å². The number of fused-ring (bicyclic) bond motifs is 1. The Labute approximate surface area is 134 Å². The SMILES string of the molecule is Cc1ccn2c(NC(=O)C34CC5CC(CC(C5)C3)C4)nnc2n1. The molecule has 120 valence electrons. The second kappa shape index (κ2) is 4.52. The van der Waals surface area contributed by atoms with E-state index in [1.807, 2.05) is 19.2 Å². The molecule has 2 heterocycles. The zero-order chi connectivity index (χ0) is 15.6. The molecular weight excluding hydrogens is 290 g/mol. The lowest BCUT2D eigenvalue weighted by atomic mass is 9.49. The van der Waals surface area contributed by atoms with Gasteiger partial charge in [0.2, 0.25) is 11.9 Å². The minimum Gasteiger partial charge on any atom is -0.294 e. The molecule has 0 aliphatic heterocycles. The predicted octanol–water partition coefficient (Wildman–Crippen LogP) is 2.59. The van der Waals surface area contributed by atoms with Gasteiger partial charge in [0.05, 0.1) is 5.41 Å². The van der Waals surface area contributed by atoms with Crippen LogP contribution in [-0.4, -0.2) is 25.5 Å². The molecule has 1 N–H and O–H groups in total. The summed E-state index contributed by atoms with van der Waals surface area (Å²) in [5, 5.41) is 11.2. The number of hydrogen-bond donors (Lipinski definition) is 1. The maximum Gasteiger partial charge on any atom is 0.256 e. The summed E-state index contributed by atoms with van der Waals surface area (Å²) >= 11 is 0. The number of aromatic nitrogens is 4. The Bertz CT molecular complexity index is 760. The summed E-state index contributed by atoms with van der Waals surface area (Å²) in [6.07, 6.45) is 9.04. The van der Waals surface area contributed by atoms with Crippen molar-refractivity contribution in [2.75, 3.05) is 5.32 Å². The Kier molecular flexibility index (Phi) is 2.65. The minimum absolute atomic E-state index is 0.145. The Hall–Kier alpha value is -1.98. The first-order valence-corrected chi connectivity index (χ1v) is 8.61. The number of carbonyl (C=O) groups excluding carboxylic acids is 1. The molecule has 2 aromatic rings. The molecule has 4 bridgehead atoms. The largest absolute Gasteiger partial charge is 0.294 e. The van der Waals surface area contributed by atoms with Gasteiger partial charge >= 0.3 is 0 Å². The summed E-state index contributed by atoms with van der Waals surface area (Å²) < 4.78 is 1.76. The van der Waals surface area contributed by atoms with Gasteiger partial charge in [-0.05, 0) is 69.3 Å². The maximum atomic E-state index is 13.1. The Morgan fingerprint density at radius 1 is 1.17 bits per heavy atom. The zero-order valence-corrected chi connectivity index (χ0v) is 13.3. The second-order valence-corrected chi connectivity index (χ2v) is 7.91. The molecule has 4 fully saturated rings. The fourth-order valence-corrected chi connectivity index (χ4v) is 5.58. The molecule has 0 unspecified atom stereocenters. The second-order valence-electron chi connectivity index (χ2n) is 7.91. The Morgan fingerprint density at radius 3 is 2.48 bits per heavy atom. The lowest BCUT2D eigenvalue weighted by molar-refractivity contribution is -0.140. The van der Waals surface area contributed by atoms with Crippen LogP contribution in [0.3, 0.4) is 0 Å². The van der Waals surface area contributed by atoms with Crippen molar-refractivity contribution in [3.63, 3.8) is 0 Å². The van der Waals surface area contributed by atoms with Gasteiger partial charge in [-0.15, -0.1) is 10.2 Å². The van der Waals surface area contributed by atoms with Crippen LogP contribution in [0.25, 0.3) is 5.78 Å². The monoisotopic (exact) mass is 311 g/mol. The lowest BCUT2D eigenvalue weighted by Gasteiger charge is -2.55. The fourth-order valence-electron chi connectivity index (χ4n) is 5.58. The van der Waals surface area contributed by atoms with E-state index in [4.69, 9.17) is 0 Å². The molecule has 6 nitrogen and oxygen atoms in total. The van der Waals surface area contributed by atoms with E-state index in [-0.39, 0.29) is 11.3 Å². The third-order valence-corrected chi connectivity index (χ3v) is 6.16. The van der Waals surface area contributed by atoms with Crippen molar-refractivity contribution in [1.29, 1.82) is 0 Å². The van der Waals surface area contributed by atoms with Crippen molar-refractivity contribution < 1.29 is 4.79 Å². The van der Waals surface area contributed by atoms with Crippen molar-refractivity contribution in [2.24, 2.45) is 23.2 Å². The number of aryl methyl sites for hydroxylation is 1. The number of carbonyl (C=O) groups is 1. The van der Waals surface area contributed by atoms with Crippen molar-refractivity contribution in [2.45, 2.75) is 45.4 Å². The van der Waals surface area contributed by atoms with E-state index in [9.17, 15) is 4.79 Å². The van der Waals surface area contributed by atoms with Gasteiger partial charge in [0.25, 0.3) is 5.78 Å².